The van der Waals surface area contributed by atoms with Gasteiger partial charge in [-0.2, -0.15) is 0 Å². The second-order valence-electron chi connectivity index (χ2n) is 7.12. The average molecular weight is 526 g/mol. The van der Waals surface area contributed by atoms with Crippen LogP contribution in [0.25, 0.3) is 6.08 Å². The van der Waals surface area contributed by atoms with Gasteiger partial charge in [0.25, 0.3) is 11.1 Å². The summed E-state index contributed by atoms with van der Waals surface area (Å²) in [4.78, 5) is 38.9. The van der Waals surface area contributed by atoms with E-state index >= 15 is 0 Å². The van der Waals surface area contributed by atoms with Crippen LogP contribution in [0, 0.1) is 5.82 Å². The highest BCUT2D eigenvalue weighted by Gasteiger charge is 2.36. The Labute approximate surface area is 202 Å². The van der Waals surface area contributed by atoms with Gasteiger partial charge in [0.05, 0.1) is 11.4 Å². The molecule has 3 aromatic carbocycles. The summed E-state index contributed by atoms with van der Waals surface area (Å²) in [5.74, 6) is -0.802. The van der Waals surface area contributed by atoms with Crippen molar-refractivity contribution in [1.82, 2.24) is 4.90 Å². The minimum absolute atomic E-state index is 0.0146. The number of carbonyl (C=O) groups is 3. The number of hydrogen-bond acceptors (Lipinski definition) is 5. The summed E-state index contributed by atoms with van der Waals surface area (Å²) in [6.45, 7) is -0.324. The molecule has 0 N–H and O–H groups in total. The summed E-state index contributed by atoms with van der Waals surface area (Å²) in [6.07, 6.45) is 1.55. The van der Waals surface area contributed by atoms with Gasteiger partial charge < -0.3 is 4.74 Å². The van der Waals surface area contributed by atoms with Crippen molar-refractivity contribution in [1.29, 1.82) is 0 Å². The van der Waals surface area contributed by atoms with E-state index in [0.29, 0.717) is 22.4 Å². The molecule has 1 aliphatic rings. The summed E-state index contributed by atoms with van der Waals surface area (Å²) in [5, 5.41) is -0.513. The number of ether oxygens (including phenoxy) is 1. The fraction of sp³-hybridized carbons (Fsp3) is 0.0800. The molecule has 0 bridgehead atoms. The number of ketones is 1. The van der Waals surface area contributed by atoms with Crippen molar-refractivity contribution in [2.75, 3.05) is 6.54 Å². The SMILES string of the molecule is O=C(CN1C(=O)S/C(=C/c2ccccc2OCc2ccccc2F)C1=O)c1ccc(Br)cc1. The van der Waals surface area contributed by atoms with Crippen LogP contribution in [0.3, 0.4) is 0 Å². The number of benzene rings is 3. The summed E-state index contributed by atoms with van der Waals surface area (Å²) >= 11 is 4.07. The van der Waals surface area contributed by atoms with Gasteiger partial charge in [0.1, 0.15) is 18.2 Å². The summed E-state index contributed by atoms with van der Waals surface area (Å²) in [6, 6.07) is 20.0. The standard InChI is InChI=1S/C25H17BrFNO4S/c26-19-11-9-16(10-12-19)21(29)14-28-24(30)23(33-25(28)31)13-17-5-2-4-8-22(17)32-15-18-6-1-3-7-20(18)27/h1-13H,14-15H2/b23-13+. The second-order valence-corrected chi connectivity index (χ2v) is 9.02. The molecule has 0 saturated carbocycles. The van der Waals surface area contributed by atoms with Crippen molar-refractivity contribution >= 4 is 50.7 Å². The molecule has 1 heterocycles. The first-order valence-electron chi connectivity index (χ1n) is 9.92. The Bertz CT molecular complexity index is 1260. The lowest BCUT2D eigenvalue weighted by Gasteiger charge is -2.12. The molecule has 1 fully saturated rings. The fourth-order valence-corrected chi connectivity index (χ4v) is 4.24. The van der Waals surface area contributed by atoms with Gasteiger partial charge in [-0.3, -0.25) is 19.3 Å². The Balaban J connectivity index is 1.50. The smallest absolute Gasteiger partial charge is 0.293 e. The Morgan fingerprint density at radius 1 is 1.00 bits per heavy atom. The van der Waals surface area contributed by atoms with Crippen LogP contribution in [0.4, 0.5) is 9.18 Å². The van der Waals surface area contributed by atoms with Gasteiger partial charge in [0.15, 0.2) is 5.78 Å². The van der Waals surface area contributed by atoms with E-state index in [0.717, 1.165) is 21.1 Å². The first kappa shape index (κ1) is 22.9. The third kappa shape index (κ3) is 5.40. The molecular weight excluding hydrogens is 509 g/mol. The van der Waals surface area contributed by atoms with Gasteiger partial charge in [0.2, 0.25) is 0 Å². The molecule has 0 spiro atoms. The summed E-state index contributed by atoms with van der Waals surface area (Å²) in [5.41, 5.74) is 1.38. The molecule has 1 saturated heterocycles. The van der Waals surface area contributed by atoms with Crippen LogP contribution in [0.15, 0.2) is 82.2 Å². The molecular formula is C25H17BrFNO4S. The van der Waals surface area contributed by atoms with Gasteiger partial charge >= 0.3 is 0 Å². The quantitative estimate of drug-likeness (QED) is 0.276. The summed E-state index contributed by atoms with van der Waals surface area (Å²) in [7, 11) is 0. The van der Waals surface area contributed by atoms with E-state index in [4.69, 9.17) is 4.74 Å². The monoisotopic (exact) mass is 525 g/mol. The molecule has 3 aromatic rings. The molecule has 8 heteroatoms. The number of amides is 2. The third-order valence-corrected chi connectivity index (χ3v) is 6.32. The Morgan fingerprint density at radius 2 is 1.70 bits per heavy atom. The number of imide groups is 1. The number of para-hydroxylation sites is 1. The lowest BCUT2D eigenvalue weighted by Crippen LogP contribution is -2.33. The van der Waals surface area contributed by atoms with Crippen molar-refractivity contribution in [3.05, 3.63) is 105 Å². The van der Waals surface area contributed by atoms with Gasteiger partial charge in [-0.1, -0.05) is 64.5 Å². The lowest BCUT2D eigenvalue weighted by atomic mass is 10.1. The lowest BCUT2D eigenvalue weighted by molar-refractivity contribution is -0.122. The van der Waals surface area contributed by atoms with Crippen LogP contribution >= 0.6 is 27.7 Å². The summed E-state index contributed by atoms with van der Waals surface area (Å²) < 4.78 is 20.5. The van der Waals surface area contributed by atoms with Crippen molar-refractivity contribution in [3.8, 4) is 5.75 Å². The van der Waals surface area contributed by atoms with Crippen molar-refractivity contribution in [2.45, 2.75) is 6.61 Å². The predicted molar refractivity (Wildman–Crippen MR) is 128 cm³/mol. The number of thioether (sulfide) groups is 1. The van der Waals surface area contributed by atoms with Crippen LogP contribution in [0.2, 0.25) is 0 Å². The van der Waals surface area contributed by atoms with Crippen LogP contribution < -0.4 is 4.74 Å². The molecule has 5 nitrogen and oxygen atoms in total. The van der Waals surface area contributed by atoms with Crippen molar-refractivity contribution in [3.63, 3.8) is 0 Å². The number of rotatable bonds is 7. The second kappa shape index (κ2) is 10.1. The van der Waals surface area contributed by atoms with E-state index in [1.54, 1.807) is 72.8 Å². The van der Waals surface area contributed by atoms with Gasteiger partial charge in [0, 0.05) is 21.2 Å². The number of hydrogen-bond donors (Lipinski definition) is 0. The highest BCUT2D eigenvalue weighted by Crippen LogP contribution is 2.34. The number of Topliss-reactive ketones (excluding diaryl/α,β-unsaturated/α-hetero) is 1. The van der Waals surface area contributed by atoms with E-state index in [1.165, 1.54) is 6.07 Å². The van der Waals surface area contributed by atoms with Gasteiger partial charge in [-0.15, -0.1) is 0 Å². The Hall–Kier alpha value is -3.23. The first-order chi connectivity index (χ1) is 15.9. The molecule has 2 amide bonds. The molecule has 1 aliphatic heterocycles. The fourth-order valence-electron chi connectivity index (χ4n) is 3.15. The minimum atomic E-state index is -0.542. The topological polar surface area (TPSA) is 63.7 Å². The van der Waals surface area contributed by atoms with E-state index in [2.05, 4.69) is 15.9 Å². The van der Waals surface area contributed by atoms with E-state index in [9.17, 15) is 18.8 Å². The zero-order chi connectivity index (χ0) is 23.4. The number of carbonyl (C=O) groups excluding carboxylic acids is 3. The maximum atomic E-state index is 13.9. The highest BCUT2D eigenvalue weighted by molar-refractivity contribution is 9.10. The zero-order valence-electron chi connectivity index (χ0n) is 17.2. The normalized spacial score (nSPS) is 14.7. The van der Waals surface area contributed by atoms with E-state index in [1.807, 2.05) is 0 Å². The van der Waals surface area contributed by atoms with Crippen molar-refractivity contribution in [2.24, 2.45) is 0 Å². The molecule has 0 aliphatic carbocycles. The number of nitrogens with zero attached hydrogens (tertiary/aromatic N) is 1. The highest BCUT2D eigenvalue weighted by atomic mass is 79.9. The molecule has 0 atom stereocenters. The van der Waals surface area contributed by atoms with E-state index in [-0.39, 0.29) is 29.7 Å². The van der Waals surface area contributed by atoms with Gasteiger partial charge in [-0.25, -0.2) is 4.39 Å². The van der Waals surface area contributed by atoms with Crippen LogP contribution in [0.5, 0.6) is 5.75 Å². The molecule has 166 valence electrons. The maximum Gasteiger partial charge on any atom is 0.293 e. The Morgan fingerprint density at radius 3 is 2.45 bits per heavy atom. The average Bonchev–Trinajstić information content (AvgIpc) is 3.07. The molecule has 33 heavy (non-hydrogen) atoms. The van der Waals surface area contributed by atoms with Gasteiger partial charge in [-0.05, 0) is 42.1 Å². The molecule has 0 aromatic heterocycles. The molecule has 0 unspecified atom stereocenters. The number of halogens is 2. The third-order valence-electron chi connectivity index (χ3n) is 4.89. The predicted octanol–water partition coefficient (Wildman–Crippen LogP) is 6.09. The largest absolute Gasteiger partial charge is 0.488 e. The first-order valence-corrected chi connectivity index (χ1v) is 11.5. The van der Waals surface area contributed by atoms with Crippen LogP contribution in [0.1, 0.15) is 21.5 Å². The Kier molecular flexibility index (Phi) is 7.05. The van der Waals surface area contributed by atoms with Crippen LogP contribution in [-0.4, -0.2) is 28.4 Å². The molecule has 0 radical (unpaired) electrons. The molecule has 4 rings (SSSR count). The van der Waals surface area contributed by atoms with E-state index < -0.39 is 11.1 Å². The van der Waals surface area contributed by atoms with Crippen molar-refractivity contribution < 1.29 is 23.5 Å². The zero-order valence-corrected chi connectivity index (χ0v) is 19.6. The minimum Gasteiger partial charge on any atom is -0.488 e. The van der Waals surface area contributed by atoms with Crippen LogP contribution in [-0.2, 0) is 11.4 Å². The maximum absolute atomic E-state index is 13.9.